The maximum atomic E-state index is 5.29. The standard InChI is InChI=1S/C27H31N3O/c1-3-29-19-18-28(17-16-21-12-14-22(31-2)15-13-21)20-27(29)30-25-10-6-4-8-23(25)24-9-5-7-11-26(24)30/h4-15,27H,3,16-20H2,1-2H3. The van der Waals surface area contributed by atoms with Crippen LogP contribution in [0.4, 0.5) is 0 Å². The van der Waals surface area contributed by atoms with Crippen molar-refractivity contribution in [3.05, 3.63) is 78.4 Å². The van der Waals surface area contributed by atoms with Crippen LogP contribution in [0.5, 0.6) is 5.75 Å². The Morgan fingerprint density at radius 1 is 0.839 bits per heavy atom. The van der Waals surface area contributed by atoms with E-state index in [0.29, 0.717) is 6.17 Å². The highest BCUT2D eigenvalue weighted by Gasteiger charge is 2.29. The third kappa shape index (κ3) is 3.82. The van der Waals surface area contributed by atoms with Gasteiger partial charge in [-0.3, -0.25) is 9.80 Å². The molecule has 0 saturated carbocycles. The lowest BCUT2D eigenvalue weighted by Gasteiger charge is -2.42. The van der Waals surface area contributed by atoms with Gasteiger partial charge >= 0.3 is 0 Å². The molecule has 1 aliphatic heterocycles. The number of ether oxygens (including phenoxy) is 1. The van der Waals surface area contributed by atoms with Crippen molar-refractivity contribution in [2.45, 2.75) is 19.5 Å². The Hall–Kier alpha value is -2.82. The first-order chi connectivity index (χ1) is 15.3. The summed E-state index contributed by atoms with van der Waals surface area (Å²) in [6, 6.07) is 26.2. The molecule has 0 bridgehead atoms. The molecule has 3 aromatic carbocycles. The first-order valence-corrected chi connectivity index (χ1v) is 11.4. The van der Waals surface area contributed by atoms with E-state index < -0.39 is 0 Å². The Morgan fingerprint density at radius 2 is 1.48 bits per heavy atom. The number of aromatic nitrogens is 1. The summed E-state index contributed by atoms with van der Waals surface area (Å²) >= 11 is 0. The highest BCUT2D eigenvalue weighted by atomic mass is 16.5. The van der Waals surface area contributed by atoms with Gasteiger partial charge in [-0.2, -0.15) is 0 Å². The van der Waals surface area contributed by atoms with Gasteiger partial charge in [0.15, 0.2) is 0 Å². The fourth-order valence-electron chi connectivity index (χ4n) is 5.03. The average Bonchev–Trinajstić information content (AvgIpc) is 3.17. The second-order valence-corrected chi connectivity index (χ2v) is 8.41. The Morgan fingerprint density at radius 3 is 2.10 bits per heavy atom. The minimum atomic E-state index is 0.347. The molecule has 160 valence electrons. The molecule has 0 amide bonds. The van der Waals surface area contributed by atoms with Gasteiger partial charge in [-0.1, -0.05) is 55.5 Å². The van der Waals surface area contributed by atoms with Crippen LogP contribution in [0, 0.1) is 0 Å². The summed E-state index contributed by atoms with van der Waals surface area (Å²) in [5, 5.41) is 2.70. The van der Waals surface area contributed by atoms with Gasteiger partial charge in [0.2, 0.25) is 0 Å². The van der Waals surface area contributed by atoms with Gasteiger partial charge in [0.05, 0.1) is 24.3 Å². The van der Waals surface area contributed by atoms with Gasteiger partial charge in [0.25, 0.3) is 0 Å². The maximum Gasteiger partial charge on any atom is 0.118 e. The predicted octanol–water partition coefficient (Wildman–Crippen LogP) is 5.18. The molecule has 0 aliphatic carbocycles. The molecular weight excluding hydrogens is 382 g/mol. The van der Waals surface area contributed by atoms with Crippen LogP contribution in [-0.4, -0.2) is 54.2 Å². The second kappa shape index (κ2) is 8.74. The van der Waals surface area contributed by atoms with Crippen molar-refractivity contribution in [3.8, 4) is 5.75 Å². The van der Waals surface area contributed by atoms with E-state index >= 15 is 0 Å². The number of fused-ring (bicyclic) bond motifs is 3. The van der Waals surface area contributed by atoms with Crippen LogP contribution in [0.15, 0.2) is 72.8 Å². The van der Waals surface area contributed by atoms with Crippen LogP contribution >= 0.6 is 0 Å². The molecule has 0 radical (unpaired) electrons. The lowest BCUT2D eigenvalue weighted by atomic mass is 10.1. The third-order valence-electron chi connectivity index (χ3n) is 6.74. The number of benzene rings is 3. The smallest absolute Gasteiger partial charge is 0.118 e. The van der Waals surface area contributed by atoms with Crippen LogP contribution in [0.1, 0.15) is 18.7 Å². The molecule has 31 heavy (non-hydrogen) atoms. The monoisotopic (exact) mass is 413 g/mol. The van der Waals surface area contributed by atoms with Gasteiger partial charge in [-0.15, -0.1) is 0 Å². The molecule has 1 aromatic heterocycles. The summed E-state index contributed by atoms with van der Waals surface area (Å²) in [6.45, 7) is 7.71. The summed E-state index contributed by atoms with van der Waals surface area (Å²) < 4.78 is 7.87. The molecule has 1 unspecified atom stereocenters. The summed E-state index contributed by atoms with van der Waals surface area (Å²) in [6.07, 6.45) is 1.41. The van der Waals surface area contributed by atoms with Crippen LogP contribution < -0.4 is 4.74 Å². The van der Waals surface area contributed by atoms with Crippen molar-refractivity contribution in [2.24, 2.45) is 0 Å². The van der Waals surface area contributed by atoms with Gasteiger partial charge < -0.3 is 9.30 Å². The zero-order chi connectivity index (χ0) is 21.2. The summed E-state index contributed by atoms with van der Waals surface area (Å²) in [5.41, 5.74) is 4.04. The van der Waals surface area contributed by atoms with E-state index in [1.54, 1.807) is 7.11 Å². The summed E-state index contributed by atoms with van der Waals surface area (Å²) in [7, 11) is 1.72. The fraction of sp³-hybridized carbons (Fsp3) is 0.333. The first kappa shape index (κ1) is 20.1. The Kier molecular flexibility index (Phi) is 5.66. The molecule has 4 heteroatoms. The summed E-state index contributed by atoms with van der Waals surface area (Å²) in [4.78, 5) is 5.26. The average molecular weight is 414 g/mol. The molecule has 5 rings (SSSR count). The normalized spacial score (nSPS) is 18.1. The predicted molar refractivity (Wildman–Crippen MR) is 129 cm³/mol. The number of hydrogen-bond donors (Lipinski definition) is 0. The van der Waals surface area contributed by atoms with E-state index in [4.69, 9.17) is 4.74 Å². The molecule has 4 nitrogen and oxygen atoms in total. The van der Waals surface area contributed by atoms with Crippen LogP contribution in [0.2, 0.25) is 0 Å². The van der Waals surface area contributed by atoms with Gasteiger partial charge in [0, 0.05) is 37.0 Å². The van der Waals surface area contributed by atoms with E-state index in [0.717, 1.165) is 44.9 Å². The molecule has 4 aromatic rings. The van der Waals surface area contributed by atoms with Gasteiger partial charge in [-0.25, -0.2) is 0 Å². The molecule has 2 heterocycles. The lowest BCUT2D eigenvalue weighted by molar-refractivity contribution is 0.0446. The van der Waals surface area contributed by atoms with Crippen molar-refractivity contribution >= 4 is 21.8 Å². The number of nitrogens with zero attached hydrogens (tertiary/aromatic N) is 3. The van der Waals surface area contributed by atoms with E-state index in [1.165, 1.54) is 27.4 Å². The largest absolute Gasteiger partial charge is 0.497 e. The van der Waals surface area contributed by atoms with Crippen molar-refractivity contribution in [2.75, 3.05) is 39.8 Å². The quantitative estimate of drug-likeness (QED) is 0.434. The first-order valence-electron chi connectivity index (χ1n) is 11.4. The highest BCUT2D eigenvalue weighted by molar-refractivity contribution is 6.08. The number of rotatable bonds is 6. The molecule has 0 N–H and O–H groups in total. The number of likely N-dealkylation sites (N-methyl/N-ethyl adjacent to an activating group) is 1. The maximum absolute atomic E-state index is 5.29. The third-order valence-corrected chi connectivity index (χ3v) is 6.74. The molecule has 0 spiro atoms. The molecule has 1 saturated heterocycles. The second-order valence-electron chi connectivity index (χ2n) is 8.41. The molecule has 1 fully saturated rings. The van der Waals surface area contributed by atoms with Crippen LogP contribution in [-0.2, 0) is 6.42 Å². The number of piperazine rings is 1. The highest BCUT2D eigenvalue weighted by Crippen LogP contribution is 2.34. The van der Waals surface area contributed by atoms with E-state index in [9.17, 15) is 0 Å². The van der Waals surface area contributed by atoms with Crippen molar-refractivity contribution in [1.82, 2.24) is 14.4 Å². The topological polar surface area (TPSA) is 20.6 Å². The van der Waals surface area contributed by atoms with Crippen molar-refractivity contribution in [3.63, 3.8) is 0 Å². The van der Waals surface area contributed by atoms with E-state index in [2.05, 4.69) is 94.1 Å². The van der Waals surface area contributed by atoms with Crippen LogP contribution in [0.25, 0.3) is 21.8 Å². The van der Waals surface area contributed by atoms with E-state index in [1.807, 2.05) is 0 Å². The Bertz CT molecular complexity index is 1110. The SMILES string of the molecule is CCN1CCN(CCc2ccc(OC)cc2)CC1n1c2ccccc2c2ccccc21. The van der Waals surface area contributed by atoms with Crippen molar-refractivity contribution < 1.29 is 4.74 Å². The zero-order valence-corrected chi connectivity index (χ0v) is 18.5. The zero-order valence-electron chi connectivity index (χ0n) is 18.5. The number of hydrogen-bond acceptors (Lipinski definition) is 3. The molecular formula is C27H31N3O. The number of para-hydroxylation sites is 2. The Labute approximate surface area is 184 Å². The minimum absolute atomic E-state index is 0.347. The Balaban J connectivity index is 1.43. The number of methoxy groups -OCH3 is 1. The van der Waals surface area contributed by atoms with Crippen molar-refractivity contribution in [1.29, 1.82) is 0 Å². The lowest BCUT2D eigenvalue weighted by Crippen LogP contribution is -2.50. The van der Waals surface area contributed by atoms with Gasteiger partial charge in [-0.05, 0) is 42.8 Å². The fourth-order valence-corrected chi connectivity index (χ4v) is 5.03. The van der Waals surface area contributed by atoms with Gasteiger partial charge in [0.1, 0.15) is 5.75 Å². The molecule has 1 aliphatic rings. The van der Waals surface area contributed by atoms with Crippen LogP contribution in [0.3, 0.4) is 0 Å². The molecule has 1 atom stereocenters. The summed E-state index contributed by atoms with van der Waals surface area (Å²) in [5.74, 6) is 0.923. The van der Waals surface area contributed by atoms with E-state index in [-0.39, 0.29) is 0 Å². The minimum Gasteiger partial charge on any atom is -0.497 e.